The number of nitrogens with zero attached hydrogens (tertiary/aromatic N) is 1. The van der Waals surface area contributed by atoms with Crippen molar-refractivity contribution in [3.63, 3.8) is 0 Å². The first kappa shape index (κ1) is 13.9. The first-order chi connectivity index (χ1) is 8.89. The molecule has 0 aliphatic heterocycles. The second-order valence-electron chi connectivity index (χ2n) is 5.06. The van der Waals surface area contributed by atoms with Gasteiger partial charge in [0.05, 0.1) is 4.34 Å². The summed E-state index contributed by atoms with van der Waals surface area (Å²) in [7, 11) is -1.93. The summed E-state index contributed by atoms with van der Waals surface area (Å²) in [6, 6.07) is 1.47. The molecule has 2 bridgehead atoms. The number of thiophene rings is 1. The summed E-state index contributed by atoms with van der Waals surface area (Å²) in [5.74, 6) is 0.854. The summed E-state index contributed by atoms with van der Waals surface area (Å²) in [6.45, 7) is 0. The Bertz CT molecular complexity index is 638. The maximum Gasteiger partial charge on any atom is 0.245 e. The Morgan fingerprint density at radius 2 is 2.05 bits per heavy atom. The van der Waals surface area contributed by atoms with Crippen molar-refractivity contribution in [1.82, 2.24) is 4.31 Å². The van der Waals surface area contributed by atoms with Crippen LogP contribution in [0.5, 0.6) is 0 Å². The Labute approximate surface area is 126 Å². The average molecular weight is 338 g/mol. The van der Waals surface area contributed by atoms with Gasteiger partial charge in [0.1, 0.15) is 9.23 Å². The minimum atomic E-state index is -3.56. The lowest BCUT2D eigenvalue weighted by Gasteiger charge is -2.28. The monoisotopic (exact) mass is 337 g/mol. The van der Waals surface area contributed by atoms with Gasteiger partial charge in [-0.3, -0.25) is 0 Å². The molecule has 0 radical (unpaired) electrons. The molecule has 0 N–H and O–H groups in total. The van der Waals surface area contributed by atoms with Crippen molar-refractivity contribution in [2.24, 2.45) is 11.8 Å². The highest BCUT2D eigenvalue weighted by atomic mass is 35.5. The minimum Gasteiger partial charge on any atom is -0.207 e. The molecule has 1 aromatic rings. The standard InChI is InChI=1S/C12H13Cl2NO2S2/c1-15(9-5-7-2-3-8(9)4-7)19(16,17)10-6-11(13)18-12(10)14/h2-3,6-9H,4-5H2,1H3/t7-,8+,9+/m1/s1. The molecular weight excluding hydrogens is 325 g/mol. The summed E-state index contributed by atoms with van der Waals surface area (Å²) >= 11 is 12.9. The number of fused-ring (bicyclic) bond motifs is 2. The Morgan fingerprint density at radius 3 is 2.53 bits per heavy atom. The molecule has 2 aliphatic carbocycles. The topological polar surface area (TPSA) is 37.4 Å². The Kier molecular flexibility index (Phi) is 3.47. The largest absolute Gasteiger partial charge is 0.245 e. The second kappa shape index (κ2) is 4.74. The van der Waals surface area contributed by atoms with E-state index in [1.54, 1.807) is 7.05 Å². The fourth-order valence-corrected chi connectivity index (χ4v) is 6.53. The van der Waals surface area contributed by atoms with Crippen molar-refractivity contribution in [3.8, 4) is 0 Å². The van der Waals surface area contributed by atoms with Crippen molar-refractivity contribution in [1.29, 1.82) is 0 Å². The molecule has 7 heteroatoms. The maximum atomic E-state index is 12.6. The van der Waals surface area contributed by atoms with Crippen LogP contribution in [-0.4, -0.2) is 25.8 Å². The molecule has 19 heavy (non-hydrogen) atoms. The van der Waals surface area contributed by atoms with Gasteiger partial charge >= 0.3 is 0 Å². The lowest BCUT2D eigenvalue weighted by Crippen LogP contribution is -2.39. The Hall–Kier alpha value is -0.0700. The molecule has 2 aliphatic rings. The van der Waals surface area contributed by atoms with Gasteiger partial charge in [0, 0.05) is 13.1 Å². The van der Waals surface area contributed by atoms with E-state index in [2.05, 4.69) is 12.2 Å². The molecule has 3 atom stereocenters. The third kappa shape index (κ3) is 2.25. The fourth-order valence-electron chi connectivity index (χ4n) is 3.00. The van der Waals surface area contributed by atoms with Crippen molar-refractivity contribution in [2.75, 3.05) is 7.05 Å². The van der Waals surface area contributed by atoms with E-state index >= 15 is 0 Å². The summed E-state index contributed by atoms with van der Waals surface area (Å²) in [5, 5.41) is 0. The zero-order valence-corrected chi connectivity index (χ0v) is 13.4. The van der Waals surface area contributed by atoms with E-state index < -0.39 is 10.0 Å². The number of halogens is 2. The lowest BCUT2D eigenvalue weighted by molar-refractivity contribution is 0.327. The molecule has 3 rings (SSSR count). The van der Waals surface area contributed by atoms with Gasteiger partial charge in [0.15, 0.2) is 0 Å². The highest BCUT2D eigenvalue weighted by Gasteiger charge is 2.42. The molecule has 1 saturated carbocycles. The molecule has 1 heterocycles. The van der Waals surface area contributed by atoms with Crippen LogP contribution in [0.25, 0.3) is 0 Å². The molecule has 3 nitrogen and oxygen atoms in total. The van der Waals surface area contributed by atoms with Crippen LogP contribution in [0.3, 0.4) is 0 Å². The number of hydrogen-bond donors (Lipinski definition) is 0. The van der Waals surface area contributed by atoms with Crippen LogP contribution >= 0.6 is 34.5 Å². The molecule has 1 aromatic heterocycles. The van der Waals surface area contributed by atoms with E-state index in [4.69, 9.17) is 23.2 Å². The van der Waals surface area contributed by atoms with Gasteiger partial charge < -0.3 is 0 Å². The van der Waals surface area contributed by atoms with Crippen LogP contribution in [0.2, 0.25) is 8.67 Å². The van der Waals surface area contributed by atoms with E-state index in [9.17, 15) is 8.42 Å². The maximum absolute atomic E-state index is 12.6. The van der Waals surface area contributed by atoms with Crippen molar-refractivity contribution >= 4 is 44.6 Å². The average Bonchev–Trinajstić information content (AvgIpc) is 3.03. The summed E-state index contributed by atoms with van der Waals surface area (Å²) in [4.78, 5) is 0.124. The summed E-state index contributed by atoms with van der Waals surface area (Å²) in [6.07, 6.45) is 6.28. The number of rotatable bonds is 3. The first-order valence-electron chi connectivity index (χ1n) is 6.01. The van der Waals surface area contributed by atoms with E-state index in [1.165, 1.54) is 10.4 Å². The van der Waals surface area contributed by atoms with Gasteiger partial charge in [-0.25, -0.2) is 8.42 Å². The zero-order valence-electron chi connectivity index (χ0n) is 10.2. The quantitative estimate of drug-likeness (QED) is 0.789. The van der Waals surface area contributed by atoms with Crippen LogP contribution < -0.4 is 0 Å². The summed E-state index contributed by atoms with van der Waals surface area (Å²) in [5.41, 5.74) is 0. The predicted molar refractivity (Wildman–Crippen MR) is 78.4 cm³/mol. The number of hydrogen-bond acceptors (Lipinski definition) is 3. The van der Waals surface area contributed by atoms with Crippen LogP contribution in [0.1, 0.15) is 12.8 Å². The second-order valence-corrected chi connectivity index (χ2v) is 9.31. The number of allylic oxidation sites excluding steroid dienone is 1. The smallest absolute Gasteiger partial charge is 0.207 e. The molecule has 0 unspecified atom stereocenters. The van der Waals surface area contributed by atoms with Gasteiger partial charge in [-0.2, -0.15) is 4.31 Å². The number of sulfonamides is 1. The lowest BCUT2D eigenvalue weighted by atomic mass is 10.0. The van der Waals surface area contributed by atoms with E-state index in [1.807, 2.05) is 0 Å². The van der Waals surface area contributed by atoms with Gasteiger partial charge in [-0.05, 0) is 30.7 Å². The first-order valence-corrected chi connectivity index (χ1v) is 9.02. The third-order valence-corrected chi connectivity index (χ3v) is 7.63. The van der Waals surface area contributed by atoms with Crippen LogP contribution in [-0.2, 0) is 10.0 Å². The highest BCUT2D eigenvalue weighted by Crippen LogP contribution is 2.44. The fraction of sp³-hybridized carbons (Fsp3) is 0.500. The molecule has 1 fully saturated rings. The molecule has 104 valence electrons. The minimum absolute atomic E-state index is 0.0368. The Balaban J connectivity index is 1.92. The molecule has 0 spiro atoms. The van der Waals surface area contributed by atoms with Gasteiger partial charge in [0.2, 0.25) is 10.0 Å². The molecule has 0 saturated heterocycles. The molecular formula is C12H13Cl2NO2S2. The van der Waals surface area contributed by atoms with E-state index in [0.717, 1.165) is 24.2 Å². The third-order valence-electron chi connectivity index (χ3n) is 3.99. The van der Waals surface area contributed by atoms with Crippen LogP contribution in [0, 0.1) is 11.8 Å². The van der Waals surface area contributed by atoms with Crippen LogP contribution in [0.4, 0.5) is 0 Å². The Morgan fingerprint density at radius 1 is 1.32 bits per heavy atom. The molecule has 0 amide bonds. The SMILES string of the molecule is CN([C@H]1C[C@@H]2C=C[C@H]1C2)S(=O)(=O)c1cc(Cl)sc1Cl. The van der Waals surface area contributed by atoms with Crippen molar-refractivity contribution in [3.05, 3.63) is 26.9 Å². The van der Waals surface area contributed by atoms with E-state index in [-0.39, 0.29) is 15.3 Å². The van der Waals surface area contributed by atoms with Crippen molar-refractivity contribution < 1.29 is 8.42 Å². The summed E-state index contributed by atoms with van der Waals surface area (Å²) < 4.78 is 27.3. The zero-order chi connectivity index (χ0) is 13.8. The van der Waals surface area contributed by atoms with Gasteiger partial charge in [-0.15, -0.1) is 11.3 Å². The van der Waals surface area contributed by atoms with Crippen LogP contribution in [0.15, 0.2) is 23.1 Å². The van der Waals surface area contributed by atoms with Gasteiger partial charge in [-0.1, -0.05) is 35.4 Å². The normalized spacial score (nSPS) is 29.6. The predicted octanol–water partition coefficient (Wildman–Crippen LogP) is 3.64. The van der Waals surface area contributed by atoms with Gasteiger partial charge in [0.25, 0.3) is 0 Å². The van der Waals surface area contributed by atoms with E-state index in [0.29, 0.717) is 16.2 Å². The molecule has 0 aromatic carbocycles. The van der Waals surface area contributed by atoms with Crippen molar-refractivity contribution in [2.45, 2.75) is 23.8 Å². The highest BCUT2D eigenvalue weighted by molar-refractivity contribution is 7.89.